The summed E-state index contributed by atoms with van der Waals surface area (Å²) < 4.78 is 6.63. The molecule has 65 heavy (non-hydrogen) atoms. The lowest BCUT2D eigenvalue weighted by molar-refractivity contribution is 0.332. The second-order valence-corrected chi connectivity index (χ2v) is 19.8. The first-order valence-corrected chi connectivity index (χ1v) is 23.1. The van der Waals surface area contributed by atoms with Gasteiger partial charge in [-0.05, 0) is 110 Å². The summed E-state index contributed by atoms with van der Waals surface area (Å²) >= 11 is 0. The zero-order valence-electron chi connectivity index (χ0n) is 37.2. The highest BCUT2D eigenvalue weighted by Crippen LogP contribution is 2.59. The van der Waals surface area contributed by atoms with Crippen molar-refractivity contribution in [3.63, 3.8) is 0 Å². The van der Waals surface area contributed by atoms with Crippen molar-refractivity contribution >= 4 is 79.4 Å². The highest BCUT2D eigenvalue weighted by Gasteiger charge is 2.49. The first-order chi connectivity index (χ1) is 31.7. The normalized spacial score (nSPS) is 16.0. The highest BCUT2D eigenvalue weighted by molar-refractivity contribution is 6.74. The molecule has 9 aromatic carbocycles. The highest BCUT2D eigenvalue weighted by atomic mass is 16.3. The summed E-state index contributed by atoms with van der Waals surface area (Å²) in [6.45, 7) is 9.60. The minimum absolute atomic E-state index is 0.0794. The standard InChI is InChI=1S/C61H48BN2O/c1-59(2)32-33-60(3,4)50-35-41(30-31-47(50)59)63-52-37-55-45(43-24-13-16-29-54(43)65-55)36-44(52)46-34-38-18-11-12-23-42(38)57-56(46)62-51-27-17-26-49-58(51)64(57)53-28-15-14-25-48(53)61(49,39-19-7-5-8-20-39)40-21-9-6-10-22-40/h5-31,34-37,63H,32-33H2,1-4H3. The van der Waals surface area contributed by atoms with E-state index in [0.717, 1.165) is 45.3 Å². The largest absolute Gasteiger partial charge is 0.456 e. The van der Waals surface area contributed by atoms with Crippen LogP contribution in [0.25, 0.3) is 43.8 Å². The van der Waals surface area contributed by atoms with Crippen LogP contribution in [-0.4, -0.2) is 7.28 Å². The average Bonchev–Trinajstić information content (AvgIpc) is 3.70. The molecule has 13 rings (SSSR count). The molecule has 1 aromatic heterocycles. The Bertz CT molecular complexity index is 3530. The van der Waals surface area contributed by atoms with Gasteiger partial charge in [-0.3, -0.25) is 0 Å². The number of anilines is 5. The minimum atomic E-state index is -0.553. The number of fused-ring (bicyclic) bond motifs is 10. The quantitative estimate of drug-likeness (QED) is 0.175. The van der Waals surface area contributed by atoms with Gasteiger partial charge in [0, 0.05) is 44.9 Å². The van der Waals surface area contributed by atoms with Crippen LogP contribution in [0.5, 0.6) is 0 Å². The molecule has 0 amide bonds. The molecule has 1 aliphatic carbocycles. The molecule has 3 aliphatic rings. The van der Waals surface area contributed by atoms with Gasteiger partial charge >= 0.3 is 0 Å². The Morgan fingerprint density at radius 2 is 1.15 bits per heavy atom. The SMILES string of the molecule is CC1(C)CCC(C)(C)c2cc(Nc3cc4oc5ccccc5c4cc3-c3cc4ccccc4c4c3[B]c3cccc5c3N4c3ccccc3C5(c3ccccc3)c3ccccc3)ccc21. The van der Waals surface area contributed by atoms with E-state index in [0.29, 0.717) is 0 Å². The molecule has 4 heteroatoms. The van der Waals surface area contributed by atoms with Gasteiger partial charge in [0.25, 0.3) is 0 Å². The summed E-state index contributed by atoms with van der Waals surface area (Å²) in [5, 5.41) is 8.65. The first kappa shape index (κ1) is 38.2. The molecule has 0 saturated heterocycles. The Labute approximate surface area is 381 Å². The van der Waals surface area contributed by atoms with Gasteiger partial charge in [0.15, 0.2) is 7.28 Å². The van der Waals surface area contributed by atoms with Crippen molar-refractivity contribution in [3.05, 3.63) is 221 Å². The molecule has 0 bridgehead atoms. The van der Waals surface area contributed by atoms with Gasteiger partial charge in [0.2, 0.25) is 0 Å². The second kappa shape index (κ2) is 13.9. The van der Waals surface area contributed by atoms with Crippen molar-refractivity contribution in [2.45, 2.75) is 56.8 Å². The van der Waals surface area contributed by atoms with Crippen LogP contribution >= 0.6 is 0 Å². The molecule has 0 saturated carbocycles. The van der Waals surface area contributed by atoms with Crippen molar-refractivity contribution in [1.82, 2.24) is 0 Å². The molecule has 3 heterocycles. The third-order valence-corrected chi connectivity index (χ3v) is 15.2. The van der Waals surface area contributed by atoms with Crippen LogP contribution in [0.15, 0.2) is 192 Å². The van der Waals surface area contributed by atoms with Gasteiger partial charge in [0.1, 0.15) is 11.2 Å². The van der Waals surface area contributed by atoms with Gasteiger partial charge in [-0.1, -0.05) is 179 Å². The van der Waals surface area contributed by atoms with Crippen LogP contribution in [0.1, 0.15) is 73.9 Å². The molecular weight excluding hydrogens is 787 g/mol. The van der Waals surface area contributed by atoms with Crippen LogP contribution in [0.3, 0.4) is 0 Å². The summed E-state index contributed by atoms with van der Waals surface area (Å²) in [7, 11) is 2.46. The first-order valence-electron chi connectivity index (χ1n) is 23.1. The Hall–Kier alpha value is -7.30. The Morgan fingerprint density at radius 1 is 0.492 bits per heavy atom. The zero-order valence-corrected chi connectivity index (χ0v) is 37.2. The third-order valence-electron chi connectivity index (χ3n) is 15.2. The van der Waals surface area contributed by atoms with E-state index in [1.807, 2.05) is 0 Å². The van der Waals surface area contributed by atoms with E-state index in [4.69, 9.17) is 4.42 Å². The predicted octanol–water partition coefficient (Wildman–Crippen LogP) is 14.6. The van der Waals surface area contributed by atoms with Gasteiger partial charge in [-0.15, -0.1) is 0 Å². The van der Waals surface area contributed by atoms with Crippen LogP contribution in [0, 0.1) is 0 Å². The van der Waals surface area contributed by atoms with Crippen LogP contribution in [0.2, 0.25) is 0 Å². The number of hydrogen-bond acceptors (Lipinski definition) is 3. The molecule has 0 atom stereocenters. The maximum atomic E-state index is 6.63. The number of rotatable bonds is 5. The van der Waals surface area contributed by atoms with Gasteiger partial charge < -0.3 is 14.6 Å². The summed E-state index contributed by atoms with van der Waals surface area (Å²) in [5.74, 6) is 0. The van der Waals surface area contributed by atoms with Crippen molar-refractivity contribution in [2.24, 2.45) is 0 Å². The summed E-state index contributed by atoms with van der Waals surface area (Å²) in [5.41, 5.74) is 19.7. The smallest absolute Gasteiger partial charge is 0.197 e. The number of nitrogens with zero attached hydrogens (tertiary/aromatic N) is 1. The lowest BCUT2D eigenvalue weighted by Crippen LogP contribution is -2.47. The summed E-state index contributed by atoms with van der Waals surface area (Å²) in [4.78, 5) is 2.59. The molecule has 1 radical (unpaired) electrons. The molecule has 10 aromatic rings. The van der Waals surface area contributed by atoms with Crippen molar-refractivity contribution in [1.29, 1.82) is 0 Å². The second-order valence-electron chi connectivity index (χ2n) is 19.8. The molecule has 3 nitrogen and oxygen atoms in total. The maximum Gasteiger partial charge on any atom is 0.197 e. The fraction of sp³-hybridized carbons (Fsp3) is 0.148. The van der Waals surface area contributed by atoms with E-state index in [1.165, 1.54) is 84.1 Å². The average molecular weight is 836 g/mol. The molecular formula is C61H48BN2O. The molecule has 0 unspecified atom stereocenters. The van der Waals surface area contributed by atoms with E-state index in [2.05, 4.69) is 233 Å². The number of furan rings is 1. The maximum absolute atomic E-state index is 6.63. The van der Waals surface area contributed by atoms with E-state index in [1.54, 1.807) is 0 Å². The van der Waals surface area contributed by atoms with E-state index >= 15 is 0 Å². The molecule has 1 N–H and O–H groups in total. The van der Waals surface area contributed by atoms with Gasteiger partial charge in [0.05, 0.1) is 16.8 Å². The van der Waals surface area contributed by atoms with E-state index < -0.39 is 5.41 Å². The molecule has 0 fully saturated rings. The summed E-state index contributed by atoms with van der Waals surface area (Å²) in [6.07, 6.45) is 2.34. The van der Waals surface area contributed by atoms with Gasteiger partial charge in [-0.25, -0.2) is 0 Å². The van der Waals surface area contributed by atoms with Crippen LogP contribution in [0.4, 0.5) is 28.4 Å². The van der Waals surface area contributed by atoms with Crippen molar-refractivity contribution < 1.29 is 4.42 Å². The van der Waals surface area contributed by atoms with Gasteiger partial charge in [-0.2, -0.15) is 0 Å². The van der Waals surface area contributed by atoms with Crippen LogP contribution < -0.4 is 21.1 Å². The topological polar surface area (TPSA) is 28.4 Å². The fourth-order valence-corrected chi connectivity index (χ4v) is 11.9. The number of nitrogens with one attached hydrogen (secondary N) is 1. The van der Waals surface area contributed by atoms with Crippen LogP contribution in [-0.2, 0) is 16.2 Å². The van der Waals surface area contributed by atoms with Crippen molar-refractivity contribution in [3.8, 4) is 11.1 Å². The fourth-order valence-electron chi connectivity index (χ4n) is 11.9. The third kappa shape index (κ3) is 5.50. The Balaban J connectivity index is 1.09. The number of hydrogen-bond donors (Lipinski definition) is 1. The Kier molecular flexibility index (Phi) is 8.14. The number of para-hydroxylation sites is 3. The molecule has 0 spiro atoms. The summed E-state index contributed by atoms with van der Waals surface area (Å²) in [6, 6.07) is 69.7. The van der Waals surface area contributed by atoms with Crippen molar-refractivity contribution in [2.75, 3.05) is 10.2 Å². The van der Waals surface area contributed by atoms with E-state index in [-0.39, 0.29) is 10.8 Å². The predicted molar refractivity (Wildman–Crippen MR) is 273 cm³/mol. The molecule has 311 valence electrons. The van der Waals surface area contributed by atoms with E-state index in [9.17, 15) is 0 Å². The Morgan fingerprint density at radius 3 is 1.94 bits per heavy atom. The number of benzene rings is 9. The minimum Gasteiger partial charge on any atom is -0.456 e. The zero-order chi connectivity index (χ0) is 43.7. The lowest BCUT2D eigenvalue weighted by Gasteiger charge is -2.49. The molecule has 2 aliphatic heterocycles. The lowest BCUT2D eigenvalue weighted by atomic mass is 9.54. The monoisotopic (exact) mass is 835 g/mol.